The lowest BCUT2D eigenvalue weighted by atomic mass is 10.1. The largest absolute Gasteiger partial charge is 0.351 e. The highest BCUT2D eigenvalue weighted by molar-refractivity contribution is 7.12. The van der Waals surface area contributed by atoms with Crippen LogP contribution in [0.5, 0.6) is 0 Å². The van der Waals surface area contributed by atoms with E-state index in [4.69, 9.17) is 0 Å². The van der Waals surface area contributed by atoms with Crippen molar-refractivity contribution in [1.82, 2.24) is 10.6 Å². The van der Waals surface area contributed by atoms with Crippen LogP contribution in [0, 0.1) is 0 Å². The molecule has 7 nitrogen and oxygen atoms in total. The first-order valence-corrected chi connectivity index (χ1v) is 10.7. The van der Waals surface area contributed by atoms with Crippen molar-refractivity contribution < 1.29 is 14.4 Å². The molecule has 3 aromatic rings. The lowest BCUT2D eigenvalue weighted by Gasteiger charge is -2.15. The standard InChI is InChI=1S/C23H24N4O3S/c1-16(25-21(28)13-14-24-22(29)20-8-5-15-31-20)17-9-11-19(12-10-17)27-23(30)26-18-6-3-2-4-7-18/h2-12,15-16H,13-14H2,1H3,(H,24,29)(H,25,28)(H2,26,27,30). The number of nitrogens with one attached hydrogen (secondary N) is 4. The molecule has 0 aliphatic heterocycles. The Balaban J connectivity index is 1.41. The molecular weight excluding hydrogens is 412 g/mol. The van der Waals surface area contributed by atoms with Gasteiger partial charge in [0.1, 0.15) is 0 Å². The predicted molar refractivity (Wildman–Crippen MR) is 123 cm³/mol. The number of carbonyl (C=O) groups is 3. The summed E-state index contributed by atoms with van der Waals surface area (Å²) in [6.45, 7) is 2.15. The maximum absolute atomic E-state index is 12.2. The Labute approximate surface area is 184 Å². The second kappa shape index (κ2) is 10.9. The number of para-hydroxylation sites is 1. The van der Waals surface area contributed by atoms with Crippen LogP contribution in [-0.2, 0) is 4.79 Å². The van der Waals surface area contributed by atoms with Gasteiger partial charge in [0, 0.05) is 24.3 Å². The number of hydrogen-bond acceptors (Lipinski definition) is 4. The Bertz CT molecular complexity index is 1010. The van der Waals surface area contributed by atoms with E-state index >= 15 is 0 Å². The summed E-state index contributed by atoms with van der Waals surface area (Å²) in [5, 5.41) is 13.0. The van der Waals surface area contributed by atoms with Crippen LogP contribution in [0.3, 0.4) is 0 Å². The van der Waals surface area contributed by atoms with Crippen LogP contribution in [0.2, 0.25) is 0 Å². The van der Waals surface area contributed by atoms with E-state index in [-0.39, 0.29) is 36.9 Å². The zero-order chi connectivity index (χ0) is 22.1. The average Bonchev–Trinajstić information content (AvgIpc) is 3.30. The minimum atomic E-state index is -0.329. The van der Waals surface area contributed by atoms with Gasteiger partial charge in [0.2, 0.25) is 5.91 Å². The van der Waals surface area contributed by atoms with Crippen molar-refractivity contribution in [3.05, 3.63) is 82.6 Å². The van der Waals surface area contributed by atoms with Crippen molar-refractivity contribution in [3.8, 4) is 0 Å². The summed E-state index contributed by atoms with van der Waals surface area (Å²) < 4.78 is 0. The predicted octanol–water partition coefficient (Wildman–Crippen LogP) is 4.39. The zero-order valence-electron chi connectivity index (χ0n) is 17.1. The van der Waals surface area contributed by atoms with Crippen molar-refractivity contribution in [2.75, 3.05) is 17.2 Å². The number of thiophene rings is 1. The van der Waals surface area contributed by atoms with E-state index in [9.17, 15) is 14.4 Å². The molecule has 0 bridgehead atoms. The number of rotatable bonds is 8. The molecule has 0 aliphatic carbocycles. The molecule has 8 heteroatoms. The van der Waals surface area contributed by atoms with Crippen LogP contribution in [0.1, 0.15) is 34.6 Å². The summed E-state index contributed by atoms with van der Waals surface area (Å²) in [6.07, 6.45) is 0.195. The normalized spacial score (nSPS) is 11.3. The number of amides is 4. The SMILES string of the molecule is CC(NC(=O)CCNC(=O)c1cccs1)c1ccc(NC(=O)Nc2ccccc2)cc1. The smallest absolute Gasteiger partial charge is 0.323 e. The molecule has 1 heterocycles. The summed E-state index contributed by atoms with van der Waals surface area (Å²) in [6, 6.07) is 19.5. The second-order valence-electron chi connectivity index (χ2n) is 6.84. The van der Waals surface area contributed by atoms with Gasteiger partial charge in [0.15, 0.2) is 0 Å². The van der Waals surface area contributed by atoms with Gasteiger partial charge >= 0.3 is 6.03 Å². The lowest BCUT2D eigenvalue weighted by molar-refractivity contribution is -0.121. The highest BCUT2D eigenvalue weighted by Gasteiger charge is 2.11. The fraction of sp³-hybridized carbons (Fsp3) is 0.174. The molecule has 2 aromatic carbocycles. The first-order valence-electron chi connectivity index (χ1n) is 9.85. The van der Waals surface area contributed by atoms with E-state index < -0.39 is 0 Å². The van der Waals surface area contributed by atoms with Gasteiger partial charge in [-0.3, -0.25) is 9.59 Å². The van der Waals surface area contributed by atoms with Gasteiger partial charge in [-0.25, -0.2) is 4.79 Å². The van der Waals surface area contributed by atoms with Gasteiger partial charge in [-0.05, 0) is 48.2 Å². The molecule has 1 unspecified atom stereocenters. The Kier molecular flexibility index (Phi) is 7.78. The molecule has 0 fully saturated rings. The number of carbonyl (C=O) groups excluding carboxylic acids is 3. The quantitative estimate of drug-likeness (QED) is 0.421. The summed E-state index contributed by atoms with van der Waals surface area (Å²) in [5.41, 5.74) is 2.26. The zero-order valence-corrected chi connectivity index (χ0v) is 17.9. The fourth-order valence-corrected chi connectivity index (χ4v) is 3.49. The van der Waals surface area contributed by atoms with Gasteiger partial charge < -0.3 is 21.3 Å². The molecule has 0 aliphatic rings. The first-order chi connectivity index (χ1) is 15.0. The van der Waals surface area contributed by atoms with E-state index in [0.717, 1.165) is 5.56 Å². The fourth-order valence-electron chi connectivity index (χ4n) is 2.85. The van der Waals surface area contributed by atoms with Crippen molar-refractivity contribution in [1.29, 1.82) is 0 Å². The summed E-state index contributed by atoms with van der Waals surface area (Å²) in [4.78, 5) is 36.7. The van der Waals surface area contributed by atoms with E-state index in [1.807, 2.05) is 48.7 Å². The Morgan fingerprint density at radius 1 is 0.871 bits per heavy atom. The molecule has 3 rings (SSSR count). The molecule has 0 saturated carbocycles. The maximum atomic E-state index is 12.2. The Morgan fingerprint density at radius 2 is 1.55 bits per heavy atom. The van der Waals surface area contributed by atoms with Gasteiger partial charge in [-0.2, -0.15) is 0 Å². The van der Waals surface area contributed by atoms with Crippen LogP contribution >= 0.6 is 11.3 Å². The van der Waals surface area contributed by atoms with E-state index in [2.05, 4.69) is 21.3 Å². The maximum Gasteiger partial charge on any atom is 0.323 e. The molecule has 0 spiro atoms. The highest BCUT2D eigenvalue weighted by Crippen LogP contribution is 2.17. The molecular formula is C23H24N4O3S. The number of hydrogen-bond donors (Lipinski definition) is 4. The van der Waals surface area contributed by atoms with Crippen LogP contribution in [-0.4, -0.2) is 24.4 Å². The van der Waals surface area contributed by atoms with Crippen molar-refractivity contribution in [2.45, 2.75) is 19.4 Å². The number of anilines is 2. The topological polar surface area (TPSA) is 99.3 Å². The van der Waals surface area contributed by atoms with E-state index in [1.54, 1.807) is 30.3 Å². The van der Waals surface area contributed by atoms with Gasteiger partial charge in [0.25, 0.3) is 5.91 Å². The van der Waals surface area contributed by atoms with E-state index in [1.165, 1.54) is 11.3 Å². The van der Waals surface area contributed by atoms with Crippen LogP contribution in [0.4, 0.5) is 16.2 Å². The van der Waals surface area contributed by atoms with Crippen LogP contribution < -0.4 is 21.3 Å². The van der Waals surface area contributed by atoms with Crippen molar-refractivity contribution in [3.63, 3.8) is 0 Å². The van der Waals surface area contributed by atoms with Gasteiger partial charge in [-0.15, -0.1) is 11.3 Å². The van der Waals surface area contributed by atoms with Gasteiger partial charge in [0.05, 0.1) is 10.9 Å². The molecule has 0 saturated heterocycles. The first kappa shape index (κ1) is 22.0. The Morgan fingerprint density at radius 3 is 2.19 bits per heavy atom. The third kappa shape index (κ3) is 6.97. The third-order valence-electron chi connectivity index (χ3n) is 4.46. The monoisotopic (exact) mass is 436 g/mol. The minimum Gasteiger partial charge on any atom is -0.351 e. The average molecular weight is 437 g/mol. The minimum absolute atomic E-state index is 0.150. The number of urea groups is 1. The van der Waals surface area contributed by atoms with Crippen molar-refractivity contribution >= 4 is 40.6 Å². The molecule has 0 radical (unpaired) electrons. The molecule has 31 heavy (non-hydrogen) atoms. The summed E-state index contributed by atoms with van der Waals surface area (Å²) in [7, 11) is 0. The number of benzene rings is 2. The lowest BCUT2D eigenvalue weighted by Crippen LogP contribution is -2.31. The molecule has 1 atom stereocenters. The van der Waals surface area contributed by atoms with Crippen LogP contribution in [0.25, 0.3) is 0 Å². The highest BCUT2D eigenvalue weighted by atomic mass is 32.1. The Hall–Kier alpha value is -3.65. The third-order valence-corrected chi connectivity index (χ3v) is 5.33. The summed E-state index contributed by atoms with van der Waals surface area (Å²) in [5.74, 6) is -0.321. The molecule has 4 amide bonds. The second-order valence-corrected chi connectivity index (χ2v) is 7.79. The van der Waals surface area contributed by atoms with Gasteiger partial charge in [-0.1, -0.05) is 36.4 Å². The summed E-state index contributed by atoms with van der Waals surface area (Å²) >= 11 is 1.36. The molecule has 160 valence electrons. The van der Waals surface area contributed by atoms with E-state index in [0.29, 0.717) is 16.3 Å². The molecule has 1 aromatic heterocycles. The molecule has 4 N–H and O–H groups in total. The van der Waals surface area contributed by atoms with Crippen molar-refractivity contribution in [2.24, 2.45) is 0 Å². The van der Waals surface area contributed by atoms with Crippen LogP contribution in [0.15, 0.2) is 72.1 Å².